The molecule has 9 heteroatoms. The third kappa shape index (κ3) is 5.95. The van der Waals surface area contributed by atoms with Crippen LogP contribution in [-0.2, 0) is 21.0 Å². The van der Waals surface area contributed by atoms with Crippen LogP contribution in [0.5, 0.6) is 5.75 Å². The van der Waals surface area contributed by atoms with Gasteiger partial charge in [-0.2, -0.15) is 0 Å². The standard InChI is InChI=1S/C23H22N2O5S2/c1-14-5-7-15(8-6-14)13-30-17-4-2-3-16(11-17)12-19-21(27)25(23(31)32-19)18(22(28)29)9-10-20(24)26/h2-8,11-12,18H,9-10,13H2,1H3,(H2,24,26)(H,28,29)/b19-12-. The minimum atomic E-state index is -1.25. The van der Waals surface area contributed by atoms with Gasteiger partial charge in [0.25, 0.3) is 5.91 Å². The molecule has 0 radical (unpaired) electrons. The molecular weight excluding hydrogens is 448 g/mol. The van der Waals surface area contributed by atoms with Crippen LogP contribution in [0.4, 0.5) is 0 Å². The molecule has 1 saturated heterocycles. The molecule has 1 fully saturated rings. The van der Waals surface area contributed by atoms with Crippen LogP contribution >= 0.6 is 24.0 Å². The summed E-state index contributed by atoms with van der Waals surface area (Å²) in [7, 11) is 0. The van der Waals surface area contributed by atoms with Gasteiger partial charge in [0.15, 0.2) is 0 Å². The second-order valence-electron chi connectivity index (χ2n) is 7.26. The van der Waals surface area contributed by atoms with Gasteiger partial charge in [0, 0.05) is 6.42 Å². The molecule has 1 atom stereocenters. The Morgan fingerprint density at radius 1 is 1.25 bits per heavy atom. The van der Waals surface area contributed by atoms with Crippen molar-refractivity contribution in [3.63, 3.8) is 0 Å². The van der Waals surface area contributed by atoms with Crippen molar-refractivity contribution in [2.24, 2.45) is 5.73 Å². The van der Waals surface area contributed by atoms with Crippen LogP contribution in [0.25, 0.3) is 6.08 Å². The van der Waals surface area contributed by atoms with Gasteiger partial charge in [0.05, 0.1) is 4.91 Å². The molecule has 0 aliphatic carbocycles. The minimum Gasteiger partial charge on any atom is -0.489 e. The Morgan fingerprint density at radius 3 is 2.62 bits per heavy atom. The van der Waals surface area contributed by atoms with E-state index in [1.54, 1.807) is 12.1 Å². The Labute approximate surface area is 195 Å². The van der Waals surface area contributed by atoms with Gasteiger partial charge in [0.2, 0.25) is 5.91 Å². The number of thioether (sulfide) groups is 1. The molecule has 2 aromatic rings. The Kier molecular flexibility index (Phi) is 7.66. The van der Waals surface area contributed by atoms with Crippen LogP contribution in [0.3, 0.4) is 0 Å². The van der Waals surface area contributed by atoms with Crippen LogP contribution < -0.4 is 10.5 Å². The predicted octanol–water partition coefficient (Wildman–Crippen LogP) is 3.49. The van der Waals surface area contributed by atoms with Crippen LogP contribution in [0.15, 0.2) is 53.4 Å². The lowest BCUT2D eigenvalue weighted by Gasteiger charge is -2.22. The Bertz CT molecular complexity index is 1080. The van der Waals surface area contributed by atoms with E-state index in [1.165, 1.54) is 5.56 Å². The average Bonchev–Trinajstić information content (AvgIpc) is 3.01. The summed E-state index contributed by atoms with van der Waals surface area (Å²) >= 11 is 6.26. The lowest BCUT2D eigenvalue weighted by molar-refractivity contribution is -0.145. The third-order valence-corrected chi connectivity index (χ3v) is 6.10. The zero-order chi connectivity index (χ0) is 23.3. The molecular formula is C23H22N2O5S2. The fourth-order valence-electron chi connectivity index (χ4n) is 3.09. The number of carbonyl (C=O) groups is 3. The molecule has 2 amide bonds. The van der Waals surface area contributed by atoms with Gasteiger partial charge in [-0.3, -0.25) is 14.5 Å². The van der Waals surface area contributed by atoms with Crippen molar-refractivity contribution in [2.45, 2.75) is 32.4 Å². The normalized spacial score (nSPS) is 15.8. The number of aryl methyl sites for hydroxylation is 1. The van der Waals surface area contributed by atoms with Crippen molar-refractivity contribution in [3.05, 3.63) is 70.1 Å². The van der Waals surface area contributed by atoms with Gasteiger partial charge in [-0.25, -0.2) is 4.79 Å². The molecule has 0 spiro atoms. The lowest BCUT2D eigenvalue weighted by Crippen LogP contribution is -2.44. The van der Waals surface area contributed by atoms with Crippen molar-refractivity contribution < 1.29 is 24.2 Å². The molecule has 2 aromatic carbocycles. The summed E-state index contributed by atoms with van der Waals surface area (Å²) < 4.78 is 5.98. The molecule has 1 aliphatic heterocycles. The maximum Gasteiger partial charge on any atom is 0.326 e. The van der Waals surface area contributed by atoms with Crippen LogP contribution in [-0.4, -0.2) is 38.2 Å². The van der Waals surface area contributed by atoms with Gasteiger partial charge in [-0.05, 0) is 42.7 Å². The number of nitrogens with two attached hydrogens (primary N) is 1. The maximum absolute atomic E-state index is 12.9. The maximum atomic E-state index is 12.9. The van der Waals surface area contributed by atoms with Crippen LogP contribution in [0.1, 0.15) is 29.5 Å². The number of thiocarbonyl (C=S) groups is 1. The number of primary amides is 1. The molecule has 0 bridgehead atoms. The number of aliphatic carboxylic acids is 1. The van der Waals surface area contributed by atoms with Gasteiger partial charge in [-0.15, -0.1) is 0 Å². The molecule has 1 unspecified atom stereocenters. The van der Waals surface area contributed by atoms with Crippen LogP contribution in [0, 0.1) is 6.92 Å². The first-order valence-corrected chi connectivity index (χ1v) is 11.0. The topological polar surface area (TPSA) is 110 Å². The molecule has 7 nitrogen and oxygen atoms in total. The van der Waals surface area contributed by atoms with E-state index in [0.717, 1.165) is 27.8 Å². The summed E-state index contributed by atoms with van der Waals surface area (Å²) in [5, 5.41) is 9.51. The van der Waals surface area contributed by atoms with Crippen LogP contribution in [0.2, 0.25) is 0 Å². The van der Waals surface area contributed by atoms with Gasteiger partial charge in [-0.1, -0.05) is 65.9 Å². The fourth-order valence-corrected chi connectivity index (χ4v) is 4.44. The van der Waals surface area contributed by atoms with E-state index in [0.29, 0.717) is 17.3 Å². The quantitative estimate of drug-likeness (QED) is 0.426. The van der Waals surface area contributed by atoms with E-state index in [4.69, 9.17) is 22.7 Å². The number of ether oxygens (including phenoxy) is 1. The monoisotopic (exact) mass is 470 g/mol. The van der Waals surface area contributed by atoms with Crippen molar-refractivity contribution in [1.29, 1.82) is 0 Å². The van der Waals surface area contributed by atoms with E-state index >= 15 is 0 Å². The number of benzene rings is 2. The Hall–Kier alpha value is -3.17. The molecule has 1 heterocycles. The second-order valence-corrected chi connectivity index (χ2v) is 8.93. The first kappa shape index (κ1) is 23.5. The minimum absolute atomic E-state index is 0.104. The summed E-state index contributed by atoms with van der Waals surface area (Å²) in [6, 6.07) is 14.0. The number of carboxylic acids is 1. The zero-order valence-corrected chi connectivity index (χ0v) is 18.9. The highest BCUT2D eigenvalue weighted by Crippen LogP contribution is 2.35. The molecule has 3 N–H and O–H groups in total. The molecule has 32 heavy (non-hydrogen) atoms. The summed E-state index contributed by atoms with van der Waals surface area (Å²) in [6.07, 6.45) is 1.38. The fraction of sp³-hybridized carbons (Fsp3) is 0.217. The van der Waals surface area contributed by atoms with Gasteiger partial charge >= 0.3 is 5.97 Å². The van der Waals surface area contributed by atoms with Crippen molar-refractivity contribution in [2.75, 3.05) is 0 Å². The first-order valence-electron chi connectivity index (χ1n) is 9.81. The van der Waals surface area contributed by atoms with E-state index < -0.39 is 23.8 Å². The third-order valence-electron chi connectivity index (χ3n) is 4.77. The van der Waals surface area contributed by atoms with Crippen molar-refractivity contribution >= 4 is 52.2 Å². The Balaban J connectivity index is 1.73. The molecule has 0 aromatic heterocycles. The number of hydrogen-bond acceptors (Lipinski definition) is 6. The van der Waals surface area contributed by atoms with Gasteiger partial charge in [0.1, 0.15) is 22.7 Å². The zero-order valence-electron chi connectivity index (χ0n) is 17.3. The van der Waals surface area contributed by atoms with E-state index in [1.807, 2.05) is 49.4 Å². The highest BCUT2D eigenvalue weighted by atomic mass is 32.2. The molecule has 166 valence electrons. The average molecular weight is 471 g/mol. The summed E-state index contributed by atoms with van der Waals surface area (Å²) in [5.74, 6) is -1.75. The predicted molar refractivity (Wildman–Crippen MR) is 127 cm³/mol. The summed E-state index contributed by atoms with van der Waals surface area (Å²) in [5.41, 5.74) is 8.06. The number of hydrogen-bond donors (Lipinski definition) is 2. The summed E-state index contributed by atoms with van der Waals surface area (Å²) in [4.78, 5) is 36.9. The number of carboxylic acid groups (broad SMARTS) is 1. The number of nitrogens with zero attached hydrogens (tertiary/aromatic N) is 1. The molecule has 3 rings (SSSR count). The van der Waals surface area contributed by atoms with E-state index in [2.05, 4.69) is 0 Å². The van der Waals surface area contributed by atoms with Crippen molar-refractivity contribution in [3.8, 4) is 5.75 Å². The van der Waals surface area contributed by atoms with E-state index in [-0.39, 0.29) is 17.2 Å². The first-order chi connectivity index (χ1) is 15.2. The SMILES string of the molecule is Cc1ccc(COc2cccc(/C=C3\SC(=S)N(C(CCC(N)=O)C(=O)O)C3=O)c2)cc1. The highest BCUT2D eigenvalue weighted by molar-refractivity contribution is 8.26. The number of amides is 2. The van der Waals surface area contributed by atoms with Gasteiger partial charge < -0.3 is 15.6 Å². The lowest BCUT2D eigenvalue weighted by atomic mass is 10.1. The Morgan fingerprint density at radius 2 is 1.97 bits per heavy atom. The molecule has 1 aliphatic rings. The van der Waals surface area contributed by atoms with E-state index in [9.17, 15) is 19.5 Å². The number of carbonyl (C=O) groups excluding carboxylic acids is 2. The number of rotatable bonds is 9. The highest BCUT2D eigenvalue weighted by Gasteiger charge is 2.40. The largest absolute Gasteiger partial charge is 0.489 e. The smallest absolute Gasteiger partial charge is 0.326 e. The van der Waals surface area contributed by atoms with Crippen molar-refractivity contribution in [1.82, 2.24) is 4.90 Å². The second kappa shape index (κ2) is 10.4. The summed E-state index contributed by atoms with van der Waals surface area (Å²) in [6.45, 7) is 2.43. The molecule has 0 saturated carbocycles.